The van der Waals surface area contributed by atoms with Gasteiger partial charge in [0.2, 0.25) is 0 Å². The average Bonchev–Trinajstić information content (AvgIpc) is 2.88. The molecule has 0 aliphatic carbocycles. The van der Waals surface area contributed by atoms with Crippen LogP contribution < -0.4 is 0 Å². The molecule has 2 unspecified atom stereocenters. The minimum atomic E-state index is -3.99. The van der Waals surface area contributed by atoms with Gasteiger partial charge in [-0.1, -0.05) is 103 Å². The fourth-order valence-corrected chi connectivity index (χ4v) is 6.41. The van der Waals surface area contributed by atoms with Gasteiger partial charge in [0, 0.05) is 13.0 Å². The minimum Gasteiger partial charge on any atom is -0.379 e. The van der Waals surface area contributed by atoms with E-state index >= 15 is 0 Å². The Balaban J connectivity index is 4.10. The summed E-state index contributed by atoms with van der Waals surface area (Å²) in [6.07, 6.45) is 19.5. The molecule has 0 aliphatic heterocycles. The van der Waals surface area contributed by atoms with E-state index in [1.54, 1.807) is 21.0 Å². The fraction of sp³-hybridized carbons (Fsp3) is 1.00. The van der Waals surface area contributed by atoms with E-state index in [2.05, 4.69) is 6.92 Å². The summed E-state index contributed by atoms with van der Waals surface area (Å²) in [5.41, 5.74) is -0.441. The smallest absolute Gasteiger partial charge is 0.379 e. The molecule has 3 atom stereocenters. The molecule has 0 bridgehead atoms. The highest BCUT2D eigenvalue weighted by atomic mass is 31.2. The first-order valence-corrected chi connectivity index (χ1v) is 18.3. The molecule has 8 nitrogen and oxygen atoms in total. The van der Waals surface area contributed by atoms with Crippen LogP contribution in [-0.2, 0) is 18.6 Å². The van der Waals surface area contributed by atoms with Crippen molar-refractivity contribution in [3.63, 3.8) is 0 Å². The van der Waals surface area contributed by atoms with E-state index in [1.807, 2.05) is 20.8 Å². The molecule has 9 heteroatoms. The molecule has 248 valence electrons. The molecule has 0 spiro atoms. The van der Waals surface area contributed by atoms with E-state index in [0.717, 1.165) is 12.8 Å². The monoisotopic (exact) mass is 610 g/mol. The topological polar surface area (TPSA) is 105 Å². The summed E-state index contributed by atoms with van der Waals surface area (Å²) >= 11 is 0. The highest BCUT2D eigenvalue weighted by Crippen LogP contribution is 2.50. The highest BCUT2D eigenvalue weighted by Gasteiger charge is 2.42. The Morgan fingerprint density at radius 3 is 1.61 bits per heavy atom. The Morgan fingerprint density at radius 2 is 1.20 bits per heavy atom. The standard InChI is InChI=1S/C32H68NO7P/c1-8-9-10-11-12-13-14-15-16-17-18-19-20-21-22-23-26-38-27-30(40-32(3,4)5)28-39-41(36,37)29(2)33(6,7)25-24-31(34)35/h29-31,34-35H,8-28H2,1-7H3/p+1/t29?,30-/m1/s1. The van der Waals surface area contributed by atoms with Crippen LogP contribution in [0.1, 0.15) is 144 Å². The molecule has 41 heavy (non-hydrogen) atoms. The van der Waals surface area contributed by atoms with Crippen LogP contribution in [0.5, 0.6) is 0 Å². The Hall–Kier alpha value is -0.0500. The quantitative estimate of drug-likeness (QED) is 0.0360. The van der Waals surface area contributed by atoms with Crippen LogP contribution >= 0.6 is 7.60 Å². The maximum Gasteiger partial charge on any atom is 0.384 e. The van der Waals surface area contributed by atoms with Gasteiger partial charge in [-0.25, -0.2) is 0 Å². The summed E-state index contributed by atoms with van der Waals surface area (Å²) in [6, 6.07) is 0. The summed E-state index contributed by atoms with van der Waals surface area (Å²) in [4.78, 5) is 10.7. The van der Waals surface area contributed by atoms with Gasteiger partial charge in [-0.15, -0.1) is 0 Å². The lowest BCUT2D eigenvalue weighted by atomic mass is 10.0. The molecule has 0 saturated heterocycles. The fourth-order valence-electron chi connectivity index (χ4n) is 4.91. The van der Waals surface area contributed by atoms with Gasteiger partial charge < -0.3 is 33.6 Å². The minimum absolute atomic E-state index is 0.0447. The number of rotatable bonds is 28. The predicted octanol–water partition coefficient (Wildman–Crippen LogP) is 7.77. The summed E-state index contributed by atoms with van der Waals surface area (Å²) in [7, 11) is -0.427. The third-order valence-corrected chi connectivity index (χ3v) is 9.95. The second-order valence-electron chi connectivity index (χ2n) is 13.5. The normalized spacial score (nSPS) is 15.8. The number of hydrogen-bond donors (Lipinski definition) is 3. The zero-order valence-corrected chi connectivity index (χ0v) is 28.8. The second kappa shape index (κ2) is 23.3. The summed E-state index contributed by atoms with van der Waals surface area (Å²) in [6.45, 7) is 11.0. The molecule has 0 heterocycles. The van der Waals surface area contributed by atoms with Crippen LogP contribution in [0.15, 0.2) is 0 Å². The largest absolute Gasteiger partial charge is 0.384 e. The lowest BCUT2D eigenvalue weighted by Crippen LogP contribution is -2.49. The van der Waals surface area contributed by atoms with Gasteiger partial charge >= 0.3 is 7.60 Å². The first-order valence-electron chi connectivity index (χ1n) is 16.6. The molecular weight excluding hydrogens is 541 g/mol. The highest BCUT2D eigenvalue weighted by molar-refractivity contribution is 7.53. The van der Waals surface area contributed by atoms with Crippen molar-refractivity contribution in [2.24, 2.45) is 0 Å². The van der Waals surface area contributed by atoms with Gasteiger partial charge in [0.05, 0.1) is 39.5 Å². The molecule has 0 aromatic heterocycles. The Labute approximate surface area is 253 Å². The molecule has 0 rings (SSSR count). The van der Waals surface area contributed by atoms with Crippen LogP contribution in [0.4, 0.5) is 0 Å². The number of aliphatic hydroxyl groups is 2. The third-order valence-electron chi connectivity index (χ3n) is 7.86. The predicted molar refractivity (Wildman–Crippen MR) is 170 cm³/mol. The maximum atomic E-state index is 13.0. The zero-order valence-electron chi connectivity index (χ0n) is 28.0. The maximum absolute atomic E-state index is 13.0. The van der Waals surface area contributed by atoms with E-state index in [1.165, 1.54) is 89.9 Å². The molecule has 0 fully saturated rings. The second-order valence-corrected chi connectivity index (χ2v) is 15.6. The van der Waals surface area contributed by atoms with Gasteiger partial charge in [0.1, 0.15) is 6.10 Å². The van der Waals surface area contributed by atoms with Crippen molar-refractivity contribution >= 4 is 7.60 Å². The van der Waals surface area contributed by atoms with Crippen molar-refractivity contribution < 1.29 is 38.2 Å². The van der Waals surface area contributed by atoms with E-state index < -0.39 is 31.4 Å². The summed E-state index contributed by atoms with van der Waals surface area (Å²) < 4.78 is 30.6. The average molecular weight is 611 g/mol. The molecule has 0 aliphatic rings. The van der Waals surface area contributed by atoms with Crippen LogP contribution in [0.25, 0.3) is 0 Å². The number of quaternary nitrogens is 1. The lowest BCUT2D eigenvalue weighted by molar-refractivity contribution is -0.901. The number of unbranched alkanes of at least 4 members (excludes halogenated alkanes) is 15. The molecule has 0 amide bonds. The van der Waals surface area contributed by atoms with Crippen molar-refractivity contribution in [2.45, 2.75) is 168 Å². The number of hydrogen-bond acceptors (Lipinski definition) is 6. The van der Waals surface area contributed by atoms with Gasteiger partial charge in [-0.2, -0.15) is 0 Å². The summed E-state index contributed by atoms with van der Waals surface area (Å²) in [5, 5.41) is 18.4. The Kier molecular flexibility index (Phi) is 23.3. The van der Waals surface area contributed by atoms with Gasteiger partial charge in [-0.05, 0) is 34.1 Å². The molecule has 3 N–H and O–H groups in total. The number of nitrogens with zero attached hydrogens (tertiary/aromatic N) is 1. The molecule has 0 saturated carbocycles. The number of aliphatic hydroxyl groups excluding tert-OH is 1. The zero-order chi connectivity index (χ0) is 31.2. The van der Waals surface area contributed by atoms with E-state index in [0.29, 0.717) is 19.8 Å². The SMILES string of the molecule is CCCCCCCCCCCCCCCCCCOC[C@H](COP(=O)(O)C(C)[N+](C)(C)CCC(O)O)OC(C)(C)C. The molecule has 0 radical (unpaired) electrons. The first-order chi connectivity index (χ1) is 19.2. The lowest BCUT2D eigenvalue weighted by Gasteiger charge is -2.38. The van der Waals surface area contributed by atoms with Crippen molar-refractivity contribution in [3.05, 3.63) is 0 Å². The van der Waals surface area contributed by atoms with Crippen LogP contribution in [0, 0.1) is 0 Å². The molecule has 0 aromatic rings. The number of ether oxygens (including phenoxy) is 2. The first kappa shape index (κ1) is 41.0. The summed E-state index contributed by atoms with van der Waals surface area (Å²) in [5.74, 6) is -0.734. The van der Waals surface area contributed by atoms with Crippen LogP contribution in [0.2, 0.25) is 0 Å². The van der Waals surface area contributed by atoms with E-state index in [9.17, 15) is 19.7 Å². The van der Waals surface area contributed by atoms with Crippen molar-refractivity contribution in [2.75, 3.05) is 40.5 Å². The van der Waals surface area contributed by atoms with Crippen molar-refractivity contribution in [1.29, 1.82) is 0 Å². The van der Waals surface area contributed by atoms with Crippen LogP contribution in [-0.4, -0.2) is 83.8 Å². The van der Waals surface area contributed by atoms with Gasteiger partial charge in [0.25, 0.3) is 0 Å². The Morgan fingerprint density at radius 1 is 0.756 bits per heavy atom. The van der Waals surface area contributed by atoms with E-state index in [-0.39, 0.29) is 17.5 Å². The van der Waals surface area contributed by atoms with Crippen molar-refractivity contribution in [1.82, 2.24) is 0 Å². The molecule has 0 aromatic carbocycles. The van der Waals surface area contributed by atoms with Gasteiger partial charge in [-0.3, -0.25) is 4.57 Å². The molecular formula is C32H69NO7P+. The van der Waals surface area contributed by atoms with E-state index in [4.69, 9.17) is 14.0 Å². The van der Waals surface area contributed by atoms with Crippen LogP contribution in [0.3, 0.4) is 0 Å². The third kappa shape index (κ3) is 24.0. The van der Waals surface area contributed by atoms with Crippen molar-refractivity contribution in [3.8, 4) is 0 Å². The Bertz CT molecular complexity index is 654. The van der Waals surface area contributed by atoms with Gasteiger partial charge in [0.15, 0.2) is 12.1 Å².